The van der Waals surface area contributed by atoms with Crippen molar-refractivity contribution < 1.29 is 23.1 Å². The van der Waals surface area contributed by atoms with E-state index in [0.29, 0.717) is 5.52 Å². The van der Waals surface area contributed by atoms with E-state index in [1.54, 1.807) is 6.92 Å². The van der Waals surface area contributed by atoms with Crippen LogP contribution in [0.4, 0.5) is 13.2 Å². The summed E-state index contributed by atoms with van der Waals surface area (Å²) in [4.78, 5) is 27.8. The normalized spacial score (nSPS) is 12.0. The number of carboxylic acids is 1. The lowest BCUT2D eigenvalue weighted by atomic mass is 10.1. The van der Waals surface area contributed by atoms with Crippen LogP contribution in [0.2, 0.25) is 0 Å². The number of hydrogen-bond donors (Lipinski definition) is 0. The van der Waals surface area contributed by atoms with E-state index in [2.05, 4.69) is 4.98 Å². The Labute approximate surface area is 157 Å². The van der Waals surface area contributed by atoms with Crippen molar-refractivity contribution in [3.8, 4) is 0 Å². The fourth-order valence-electron chi connectivity index (χ4n) is 2.89. The van der Waals surface area contributed by atoms with E-state index in [1.165, 1.54) is 53.1 Å². The molecule has 0 radical (unpaired) electrons. The number of carbonyl (C=O) groups is 1. The Morgan fingerprint density at radius 1 is 1.18 bits per heavy atom. The van der Waals surface area contributed by atoms with Crippen molar-refractivity contribution in [2.75, 3.05) is 0 Å². The van der Waals surface area contributed by atoms with Gasteiger partial charge in [0.25, 0.3) is 5.56 Å². The summed E-state index contributed by atoms with van der Waals surface area (Å²) < 4.78 is 40.7. The molecule has 0 aliphatic heterocycles. The number of hydrogen-bond acceptors (Lipinski definition) is 4. The maximum atomic E-state index is 13.1. The van der Waals surface area contributed by atoms with Gasteiger partial charge in [0.05, 0.1) is 22.6 Å². The van der Waals surface area contributed by atoms with Crippen LogP contribution in [0.3, 0.4) is 0 Å². The van der Waals surface area contributed by atoms with Gasteiger partial charge in [0.2, 0.25) is 0 Å². The lowest BCUT2D eigenvalue weighted by Crippen LogP contribution is -2.25. The molecule has 144 valence electrons. The van der Waals surface area contributed by atoms with Gasteiger partial charge in [-0.25, -0.2) is 4.98 Å². The lowest BCUT2D eigenvalue weighted by molar-refractivity contribution is -0.255. The van der Waals surface area contributed by atoms with Crippen molar-refractivity contribution in [3.05, 3.63) is 75.2 Å². The number of benzene rings is 2. The first-order valence-electron chi connectivity index (χ1n) is 8.32. The highest BCUT2D eigenvalue weighted by atomic mass is 19.4. The summed E-state index contributed by atoms with van der Waals surface area (Å²) in [5, 5.41) is 11.1. The molecule has 8 heteroatoms. The van der Waals surface area contributed by atoms with Crippen LogP contribution < -0.4 is 10.7 Å². The van der Waals surface area contributed by atoms with Gasteiger partial charge in [-0.15, -0.1) is 0 Å². The minimum absolute atomic E-state index is 0.0955. The Morgan fingerprint density at radius 2 is 1.89 bits per heavy atom. The van der Waals surface area contributed by atoms with E-state index in [0.717, 1.165) is 6.07 Å². The molecule has 0 N–H and O–H groups in total. The Hall–Kier alpha value is -3.42. The zero-order chi connectivity index (χ0) is 20.5. The Balaban J connectivity index is 2.16. The van der Waals surface area contributed by atoms with Crippen LogP contribution in [0.15, 0.2) is 47.3 Å². The second kappa shape index (κ2) is 7.30. The number of aromatic carboxylic acids is 1. The molecule has 0 unspecified atom stereocenters. The van der Waals surface area contributed by atoms with Gasteiger partial charge in [-0.2, -0.15) is 13.2 Å². The van der Waals surface area contributed by atoms with E-state index in [-0.39, 0.29) is 28.9 Å². The molecule has 0 saturated carbocycles. The number of fused-ring (bicyclic) bond motifs is 1. The third-order valence-corrected chi connectivity index (χ3v) is 4.21. The minimum Gasteiger partial charge on any atom is -0.545 e. The van der Waals surface area contributed by atoms with Crippen molar-refractivity contribution in [2.45, 2.75) is 19.6 Å². The molecule has 28 heavy (non-hydrogen) atoms. The monoisotopic (exact) mass is 387 g/mol. The fourth-order valence-corrected chi connectivity index (χ4v) is 2.89. The number of nitrogens with zero attached hydrogens (tertiary/aromatic N) is 2. The van der Waals surface area contributed by atoms with Gasteiger partial charge in [0, 0.05) is 6.54 Å². The molecule has 0 bridgehead atoms. The molecular formula is C20H14F3N2O3-. The largest absolute Gasteiger partial charge is 0.545 e. The van der Waals surface area contributed by atoms with Gasteiger partial charge in [0.15, 0.2) is 0 Å². The summed E-state index contributed by atoms with van der Waals surface area (Å²) in [5.41, 5.74) is -0.986. The molecule has 3 aromatic rings. The molecule has 0 spiro atoms. The summed E-state index contributed by atoms with van der Waals surface area (Å²) in [7, 11) is 0. The highest BCUT2D eigenvalue weighted by molar-refractivity contribution is 5.91. The van der Waals surface area contributed by atoms with Gasteiger partial charge in [0.1, 0.15) is 5.69 Å². The van der Waals surface area contributed by atoms with Gasteiger partial charge in [-0.3, -0.25) is 4.79 Å². The number of carbonyl (C=O) groups excluding carboxylic acids is 1. The van der Waals surface area contributed by atoms with Gasteiger partial charge in [-0.05, 0) is 42.3 Å². The third kappa shape index (κ3) is 3.66. The Bertz CT molecular complexity index is 1150. The van der Waals surface area contributed by atoms with E-state index in [1.807, 2.05) is 0 Å². The zero-order valence-electron chi connectivity index (χ0n) is 14.7. The first-order chi connectivity index (χ1) is 13.2. The maximum absolute atomic E-state index is 13.1. The number of halogens is 3. The number of carboxylic acid groups (broad SMARTS) is 1. The van der Waals surface area contributed by atoms with Crippen molar-refractivity contribution in [1.29, 1.82) is 0 Å². The van der Waals surface area contributed by atoms with Gasteiger partial charge >= 0.3 is 6.18 Å². The molecule has 1 aromatic heterocycles. The predicted octanol–water partition coefficient (Wildman–Crippen LogP) is 2.97. The average molecular weight is 387 g/mol. The smallest absolute Gasteiger partial charge is 0.416 e. The predicted molar refractivity (Wildman–Crippen MR) is 96.4 cm³/mol. The van der Waals surface area contributed by atoms with E-state index < -0.39 is 23.3 Å². The molecule has 0 atom stereocenters. The Kier molecular flexibility index (Phi) is 5.04. The Morgan fingerprint density at radius 3 is 2.54 bits per heavy atom. The summed E-state index contributed by atoms with van der Waals surface area (Å²) in [6.45, 7) is 2.00. The zero-order valence-corrected chi connectivity index (χ0v) is 14.7. The number of aromatic nitrogens is 2. The molecule has 3 rings (SSSR count). The summed E-state index contributed by atoms with van der Waals surface area (Å²) in [6, 6.07) is 8.98. The second-order valence-electron chi connectivity index (χ2n) is 5.96. The molecule has 1 heterocycles. The van der Waals surface area contributed by atoms with Gasteiger partial charge in [-0.1, -0.05) is 30.3 Å². The van der Waals surface area contributed by atoms with Crippen LogP contribution in [0.1, 0.15) is 34.1 Å². The van der Waals surface area contributed by atoms with Crippen LogP contribution in [0.5, 0.6) is 0 Å². The highest BCUT2D eigenvalue weighted by Gasteiger charge is 2.32. The first-order valence-corrected chi connectivity index (χ1v) is 8.32. The number of aryl methyl sites for hydroxylation is 1. The van der Waals surface area contributed by atoms with Crippen molar-refractivity contribution in [2.24, 2.45) is 0 Å². The second-order valence-corrected chi connectivity index (χ2v) is 5.96. The minimum atomic E-state index is -4.54. The van der Waals surface area contributed by atoms with Crippen molar-refractivity contribution in [1.82, 2.24) is 9.55 Å². The summed E-state index contributed by atoms with van der Waals surface area (Å²) in [6.07, 6.45) is -2.17. The molecule has 5 nitrogen and oxygen atoms in total. The average Bonchev–Trinajstić information content (AvgIpc) is 2.65. The van der Waals surface area contributed by atoms with Crippen LogP contribution in [0.25, 0.3) is 23.2 Å². The summed E-state index contributed by atoms with van der Waals surface area (Å²) in [5.74, 6) is -1.39. The topological polar surface area (TPSA) is 75.0 Å². The SMILES string of the molecule is CCn1c(=O)c(/C=C/c2ccccc2C(F)(F)F)nc2cc(C(=O)[O-])ccc21. The molecule has 0 saturated heterocycles. The summed E-state index contributed by atoms with van der Waals surface area (Å²) >= 11 is 0. The van der Waals surface area contributed by atoms with Crippen molar-refractivity contribution in [3.63, 3.8) is 0 Å². The number of alkyl halides is 3. The molecule has 0 fully saturated rings. The van der Waals surface area contributed by atoms with E-state index >= 15 is 0 Å². The molecule has 2 aromatic carbocycles. The maximum Gasteiger partial charge on any atom is 0.416 e. The third-order valence-electron chi connectivity index (χ3n) is 4.21. The molecular weight excluding hydrogens is 373 g/mol. The van der Waals surface area contributed by atoms with E-state index in [4.69, 9.17) is 0 Å². The molecule has 0 amide bonds. The van der Waals surface area contributed by atoms with Crippen molar-refractivity contribution >= 4 is 29.2 Å². The highest BCUT2D eigenvalue weighted by Crippen LogP contribution is 2.32. The lowest BCUT2D eigenvalue weighted by Gasteiger charge is -2.11. The van der Waals surface area contributed by atoms with Crippen LogP contribution >= 0.6 is 0 Å². The van der Waals surface area contributed by atoms with E-state index in [9.17, 15) is 27.9 Å². The molecule has 0 aliphatic carbocycles. The standard InChI is InChI=1S/C20H15F3N2O3/c1-2-25-17-10-8-13(19(27)28)11-16(17)24-15(18(25)26)9-7-12-5-3-4-6-14(12)20(21,22)23/h3-11H,2H2,1H3,(H,27,28)/p-1/b9-7+. The quantitative estimate of drug-likeness (QED) is 0.690. The van der Waals surface area contributed by atoms with Crippen LogP contribution in [0, 0.1) is 0 Å². The van der Waals surface area contributed by atoms with Gasteiger partial charge < -0.3 is 14.5 Å². The first kappa shape index (κ1) is 19.3. The van der Waals surface area contributed by atoms with Crippen LogP contribution in [-0.4, -0.2) is 15.5 Å². The molecule has 0 aliphatic rings. The fraction of sp³-hybridized carbons (Fsp3) is 0.150. The number of rotatable bonds is 4. The van der Waals surface area contributed by atoms with Crippen LogP contribution in [-0.2, 0) is 12.7 Å².